The van der Waals surface area contributed by atoms with Gasteiger partial charge < -0.3 is 5.73 Å². The molecular formula is C15H21N3. The summed E-state index contributed by atoms with van der Waals surface area (Å²) in [5.74, 6) is 1.19. The Balaban J connectivity index is 2.58. The van der Waals surface area contributed by atoms with Gasteiger partial charge in [-0.15, -0.1) is 0 Å². The largest absolute Gasteiger partial charge is 0.382 e. The number of H-pyrrole nitrogens is 1. The first kappa shape index (κ1) is 12.7. The van der Waals surface area contributed by atoms with Crippen LogP contribution in [0.2, 0.25) is 0 Å². The van der Waals surface area contributed by atoms with Gasteiger partial charge in [-0.05, 0) is 37.3 Å². The van der Waals surface area contributed by atoms with Gasteiger partial charge in [-0.2, -0.15) is 5.10 Å². The molecule has 1 heterocycles. The number of hydrogen-bond donors (Lipinski definition) is 2. The van der Waals surface area contributed by atoms with E-state index in [1.807, 2.05) is 0 Å². The number of benzene rings is 1. The topological polar surface area (TPSA) is 54.7 Å². The fourth-order valence-corrected chi connectivity index (χ4v) is 2.41. The predicted molar refractivity (Wildman–Crippen MR) is 76.5 cm³/mol. The van der Waals surface area contributed by atoms with Crippen LogP contribution in [0.4, 0.5) is 5.82 Å². The lowest BCUT2D eigenvalue weighted by molar-refractivity contribution is 0.649. The van der Waals surface area contributed by atoms with Crippen molar-refractivity contribution in [2.24, 2.45) is 5.92 Å². The van der Waals surface area contributed by atoms with Crippen LogP contribution in [0.25, 0.3) is 11.3 Å². The summed E-state index contributed by atoms with van der Waals surface area (Å²) in [6, 6.07) is 6.33. The molecule has 18 heavy (non-hydrogen) atoms. The highest BCUT2D eigenvalue weighted by atomic mass is 15.2. The number of hydrogen-bond acceptors (Lipinski definition) is 2. The van der Waals surface area contributed by atoms with E-state index in [0.29, 0.717) is 11.7 Å². The highest BCUT2D eigenvalue weighted by molar-refractivity contribution is 5.73. The van der Waals surface area contributed by atoms with Crippen LogP contribution in [0.3, 0.4) is 0 Å². The maximum absolute atomic E-state index is 5.98. The van der Waals surface area contributed by atoms with E-state index >= 15 is 0 Å². The zero-order chi connectivity index (χ0) is 13.3. The quantitative estimate of drug-likeness (QED) is 0.867. The molecule has 0 fully saturated rings. The summed E-state index contributed by atoms with van der Waals surface area (Å²) in [4.78, 5) is 0. The van der Waals surface area contributed by atoms with Gasteiger partial charge in [-0.25, -0.2) is 0 Å². The third-order valence-electron chi connectivity index (χ3n) is 3.24. The highest BCUT2D eigenvalue weighted by Gasteiger charge is 2.16. The van der Waals surface area contributed by atoms with E-state index in [9.17, 15) is 0 Å². The molecule has 3 nitrogen and oxygen atoms in total. The number of rotatable bonds is 3. The van der Waals surface area contributed by atoms with Crippen LogP contribution >= 0.6 is 0 Å². The summed E-state index contributed by atoms with van der Waals surface area (Å²) >= 11 is 0. The minimum Gasteiger partial charge on any atom is -0.382 e. The summed E-state index contributed by atoms with van der Waals surface area (Å²) in [6.07, 6.45) is 0.950. The number of anilines is 1. The molecule has 0 aliphatic heterocycles. The molecule has 0 amide bonds. The summed E-state index contributed by atoms with van der Waals surface area (Å²) in [5, 5.41) is 7.28. The number of nitrogens with zero attached hydrogens (tertiary/aromatic N) is 1. The monoisotopic (exact) mass is 243 g/mol. The van der Waals surface area contributed by atoms with Crippen LogP contribution in [-0.4, -0.2) is 10.2 Å². The van der Waals surface area contributed by atoms with Crippen LogP contribution in [0.15, 0.2) is 18.2 Å². The fourth-order valence-electron chi connectivity index (χ4n) is 2.41. The smallest absolute Gasteiger partial charge is 0.149 e. The lowest BCUT2D eigenvalue weighted by Gasteiger charge is -2.11. The van der Waals surface area contributed by atoms with Gasteiger partial charge in [0.1, 0.15) is 5.82 Å². The molecule has 0 aliphatic rings. The number of aromatic nitrogens is 2. The first-order valence-electron chi connectivity index (χ1n) is 6.40. The van der Waals surface area contributed by atoms with Gasteiger partial charge in [0.25, 0.3) is 0 Å². The van der Waals surface area contributed by atoms with Crippen LogP contribution in [-0.2, 0) is 6.42 Å². The second kappa shape index (κ2) is 4.84. The Kier molecular flexibility index (Phi) is 3.41. The van der Waals surface area contributed by atoms with Crippen molar-refractivity contribution in [3.05, 3.63) is 34.9 Å². The number of aryl methyl sites for hydroxylation is 2. The zero-order valence-electron chi connectivity index (χ0n) is 11.5. The normalized spacial score (nSPS) is 11.2. The van der Waals surface area contributed by atoms with Gasteiger partial charge in [0, 0.05) is 11.1 Å². The van der Waals surface area contributed by atoms with Crippen LogP contribution < -0.4 is 5.73 Å². The van der Waals surface area contributed by atoms with Crippen molar-refractivity contribution in [1.82, 2.24) is 10.2 Å². The van der Waals surface area contributed by atoms with E-state index in [2.05, 4.69) is 56.1 Å². The van der Waals surface area contributed by atoms with Crippen LogP contribution in [0.1, 0.15) is 30.5 Å². The predicted octanol–water partition coefficient (Wildman–Crippen LogP) is 3.47. The standard InChI is InChI=1S/C15H21N3/c1-9(2)8-12-14(17-18-15(12)16)13-10(3)6-5-7-11(13)4/h5-7,9H,8H2,1-4H3,(H3,16,17,18). The summed E-state index contributed by atoms with van der Waals surface area (Å²) in [5.41, 5.74) is 11.9. The molecular weight excluding hydrogens is 222 g/mol. The minimum absolute atomic E-state index is 0.563. The Morgan fingerprint density at radius 1 is 1.22 bits per heavy atom. The van der Waals surface area contributed by atoms with Crippen molar-refractivity contribution in [2.75, 3.05) is 5.73 Å². The van der Waals surface area contributed by atoms with Gasteiger partial charge >= 0.3 is 0 Å². The summed E-state index contributed by atoms with van der Waals surface area (Å²) in [6.45, 7) is 8.64. The average molecular weight is 243 g/mol. The number of nitrogens with one attached hydrogen (secondary N) is 1. The van der Waals surface area contributed by atoms with Crippen molar-refractivity contribution in [1.29, 1.82) is 0 Å². The third-order valence-corrected chi connectivity index (χ3v) is 3.24. The molecule has 0 unspecified atom stereocenters. The van der Waals surface area contributed by atoms with E-state index < -0.39 is 0 Å². The van der Waals surface area contributed by atoms with Crippen LogP contribution in [0.5, 0.6) is 0 Å². The molecule has 1 aromatic heterocycles. The first-order chi connectivity index (χ1) is 8.50. The number of nitrogens with two attached hydrogens (primary N) is 1. The molecule has 0 atom stereocenters. The Labute approximate surface area is 108 Å². The maximum atomic E-state index is 5.98. The van der Waals surface area contributed by atoms with Crippen LogP contribution in [0, 0.1) is 19.8 Å². The fraction of sp³-hybridized carbons (Fsp3) is 0.400. The molecule has 0 aliphatic carbocycles. The lowest BCUT2D eigenvalue weighted by Crippen LogP contribution is -2.00. The van der Waals surface area contributed by atoms with Crippen molar-refractivity contribution in [3.63, 3.8) is 0 Å². The zero-order valence-corrected chi connectivity index (χ0v) is 11.5. The number of aromatic amines is 1. The summed E-state index contributed by atoms with van der Waals surface area (Å²) < 4.78 is 0. The second-order valence-electron chi connectivity index (χ2n) is 5.33. The van der Waals surface area contributed by atoms with Gasteiger partial charge in [-0.3, -0.25) is 5.10 Å². The lowest BCUT2D eigenvalue weighted by atomic mass is 9.94. The van der Waals surface area contributed by atoms with E-state index in [1.165, 1.54) is 16.7 Å². The minimum atomic E-state index is 0.563. The summed E-state index contributed by atoms with van der Waals surface area (Å²) in [7, 11) is 0. The van der Waals surface area contributed by atoms with E-state index in [1.54, 1.807) is 0 Å². The number of nitrogen functional groups attached to an aromatic ring is 1. The molecule has 2 aromatic rings. The third kappa shape index (κ3) is 2.26. The van der Waals surface area contributed by atoms with Gasteiger partial charge in [0.2, 0.25) is 0 Å². The average Bonchev–Trinajstić information content (AvgIpc) is 2.61. The van der Waals surface area contributed by atoms with Crippen molar-refractivity contribution in [3.8, 4) is 11.3 Å². The van der Waals surface area contributed by atoms with E-state index in [-0.39, 0.29) is 0 Å². The first-order valence-corrected chi connectivity index (χ1v) is 6.40. The second-order valence-corrected chi connectivity index (χ2v) is 5.33. The molecule has 2 rings (SSSR count). The Morgan fingerprint density at radius 2 is 1.83 bits per heavy atom. The molecule has 0 spiro atoms. The van der Waals surface area contributed by atoms with Gasteiger partial charge in [0.15, 0.2) is 0 Å². The molecule has 0 bridgehead atoms. The Morgan fingerprint density at radius 3 is 2.39 bits per heavy atom. The van der Waals surface area contributed by atoms with E-state index in [0.717, 1.165) is 17.7 Å². The van der Waals surface area contributed by atoms with Crippen molar-refractivity contribution < 1.29 is 0 Å². The molecule has 3 N–H and O–H groups in total. The van der Waals surface area contributed by atoms with Gasteiger partial charge in [-0.1, -0.05) is 32.0 Å². The molecule has 1 aromatic carbocycles. The molecule has 3 heteroatoms. The van der Waals surface area contributed by atoms with E-state index in [4.69, 9.17) is 5.73 Å². The van der Waals surface area contributed by atoms with Gasteiger partial charge in [0.05, 0.1) is 5.69 Å². The Hall–Kier alpha value is -1.77. The highest BCUT2D eigenvalue weighted by Crippen LogP contribution is 2.32. The molecule has 0 saturated heterocycles. The molecule has 0 radical (unpaired) electrons. The SMILES string of the molecule is Cc1cccc(C)c1-c1[nH]nc(N)c1CC(C)C. The molecule has 0 saturated carbocycles. The molecule has 96 valence electrons. The maximum Gasteiger partial charge on any atom is 0.149 e. The van der Waals surface area contributed by atoms with Crippen molar-refractivity contribution >= 4 is 5.82 Å². The Bertz CT molecular complexity index is 533. The van der Waals surface area contributed by atoms with Crippen molar-refractivity contribution in [2.45, 2.75) is 34.1 Å².